The van der Waals surface area contributed by atoms with Gasteiger partial charge in [-0.25, -0.2) is 8.42 Å². The largest absolute Gasteiger partial charge is 0.275 e. The van der Waals surface area contributed by atoms with Gasteiger partial charge in [-0.15, -0.1) is 0 Å². The molecule has 2 aromatic rings. The van der Waals surface area contributed by atoms with Crippen LogP contribution in [-0.2, 0) is 17.1 Å². The van der Waals surface area contributed by atoms with Crippen molar-refractivity contribution in [2.24, 2.45) is 7.05 Å². The molecule has 0 atom stereocenters. The van der Waals surface area contributed by atoms with Gasteiger partial charge in [0.15, 0.2) is 0 Å². The summed E-state index contributed by atoms with van der Waals surface area (Å²) in [6, 6.07) is 7.06. The third kappa shape index (κ3) is 2.87. The summed E-state index contributed by atoms with van der Waals surface area (Å²) in [5.41, 5.74) is 1.96. The summed E-state index contributed by atoms with van der Waals surface area (Å²) in [4.78, 5) is 0.372. The van der Waals surface area contributed by atoms with E-state index in [9.17, 15) is 8.42 Å². The minimum atomic E-state index is -3.34. The van der Waals surface area contributed by atoms with Gasteiger partial charge < -0.3 is 0 Å². The van der Waals surface area contributed by atoms with Gasteiger partial charge in [-0.1, -0.05) is 18.6 Å². The number of benzene rings is 1. The Labute approximate surface area is 125 Å². The van der Waals surface area contributed by atoms with Gasteiger partial charge in [0.25, 0.3) is 0 Å². The second-order valence-electron chi connectivity index (χ2n) is 5.39. The lowest BCUT2D eigenvalue weighted by molar-refractivity contribution is 0.346. The Morgan fingerprint density at radius 2 is 1.67 bits per heavy atom. The average molecular weight is 305 g/mol. The third-order valence-electron chi connectivity index (χ3n) is 3.85. The molecule has 5 nitrogen and oxygen atoms in total. The normalized spacial score (nSPS) is 17.0. The number of piperidine rings is 1. The van der Waals surface area contributed by atoms with E-state index in [-0.39, 0.29) is 0 Å². The predicted molar refractivity (Wildman–Crippen MR) is 81.3 cm³/mol. The Balaban J connectivity index is 1.86. The number of sulfonamides is 1. The van der Waals surface area contributed by atoms with Crippen molar-refractivity contribution in [1.29, 1.82) is 0 Å². The Morgan fingerprint density at radius 1 is 1.00 bits per heavy atom. The van der Waals surface area contributed by atoms with E-state index < -0.39 is 10.0 Å². The maximum Gasteiger partial charge on any atom is 0.243 e. The van der Waals surface area contributed by atoms with Crippen LogP contribution < -0.4 is 0 Å². The number of aromatic nitrogens is 2. The van der Waals surface area contributed by atoms with Crippen LogP contribution in [0, 0.1) is 0 Å². The molecule has 0 aliphatic carbocycles. The maximum absolute atomic E-state index is 12.5. The number of nitrogens with zero attached hydrogens (tertiary/aromatic N) is 3. The SMILES string of the molecule is Cn1cc(-c2ccc(S(=O)(=O)N3CCCCC3)cc2)cn1. The van der Waals surface area contributed by atoms with Crippen molar-refractivity contribution in [2.45, 2.75) is 24.2 Å². The van der Waals surface area contributed by atoms with Crippen molar-refractivity contribution in [3.8, 4) is 11.1 Å². The molecule has 112 valence electrons. The van der Waals surface area contributed by atoms with E-state index in [1.807, 2.05) is 25.4 Å². The highest BCUT2D eigenvalue weighted by Gasteiger charge is 2.25. The molecule has 0 amide bonds. The molecule has 1 aliphatic rings. The summed E-state index contributed by atoms with van der Waals surface area (Å²) < 4.78 is 28.4. The van der Waals surface area contributed by atoms with E-state index in [2.05, 4.69) is 5.10 Å². The third-order valence-corrected chi connectivity index (χ3v) is 5.76. The van der Waals surface area contributed by atoms with Crippen LogP contribution >= 0.6 is 0 Å². The summed E-state index contributed by atoms with van der Waals surface area (Å²) in [7, 11) is -1.48. The monoisotopic (exact) mass is 305 g/mol. The molecular formula is C15H19N3O2S. The predicted octanol–water partition coefficient (Wildman–Crippen LogP) is 2.26. The van der Waals surface area contributed by atoms with Gasteiger partial charge in [0.2, 0.25) is 10.0 Å². The van der Waals surface area contributed by atoms with Crippen molar-refractivity contribution >= 4 is 10.0 Å². The van der Waals surface area contributed by atoms with Crippen LogP contribution in [0.1, 0.15) is 19.3 Å². The lowest BCUT2D eigenvalue weighted by atomic mass is 10.1. The molecule has 21 heavy (non-hydrogen) atoms. The minimum Gasteiger partial charge on any atom is -0.275 e. The standard InChI is InChI=1S/C15H19N3O2S/c1-17-12-14(11-16-17)13-5-7-15(8-6-13)21(19,20)18-9-3-2-4-10-18/h5-8,11-12H,2-4,9-10H2,1H3. The van der Waals surface area contributed by atoms with Gasteiger partial charge in [0, 0.05) is 31.9 Å². The van der Waals surface area contributed by atoms with Crippen LogP contribution in [-0.4, -0.2) is 35.6 Å². The maximum atomic E-state index is 12.5. The van der Waals surface area contributed by atoms with Gasteiger partial charge in [-0.05, 0) is 30.5 Å². The molecule has 1 aromatic carbocycles. The van der Waals surface area contributed by atoms with Crippen molar-refractivity contribution in [3.05, 3.63) is 36.7 Å². The quantitative estimate of drug-likeness (QED) is 0.874. The van der Waals surface area contributed by atoms with Crippen LogP contribution in [0.15, 0.2) is 41.6 Å². The van der Waals surface area contributed by atoms with Crippen LogP contribution in [0.3, 0.4) is 0 Å². The number of hydrogen-bond donors (Lipinski definition) is 0. The smallest absolute Gasteiger partial charge is 0.243 e. The van der Waals surface area contributed by atoms with Crippen LogP contribution in [0.25, 0.3) is 11.1 Å². The first-order valence-electron chi connectivity index (χ1n) is 7.16. The van der Waals surface area contributed by atoms with Crippen LogP contribution in [0.5, 0.6) is 0 Å². The van der Waals surface area contributed by atoms with Gasteiger partial charge in [-0.2, -0.15) is 9.40 Å². The van der Waals surface area contributed by atoms with E-state index in [1.54, 1.807) is 27.3 Å². The lowest BCUT2D eigenvalue weighted by Crippen LogP contribution is -2.35. The molecule has 0 spiro atoms. The molecule has 6 heteroatoms. The van der Waals surface area contributed by atoms with Crippen molar-refractivity contribution in [1.82, 2.24) is 14.1 Å². The zero-order chi connectivity index (χ0) is 14.9. The molecule has 0 saturated carbocycles. The van der Waals surface area contributed by atoms with E-state index in [0.29, 0.717) is 18.0 Å². The average Bonchev–Trinajstić information content (AvgIpc) is 2.95. The second kappa shape index (κ2) is 5.61. The fraction of sp³-hybridized carbons (Fsp3) is 0.400. The zero-order valence-corrected chi connectivity index (χ0v) is 12.9. The summed E-state index contributed by atoms with van der Waals surface area (Å²) >= 11 is 0. The zero-order valence-electron chi connectivity index (χ0n) is 12.1. The van der Waals surface area contributed by atoms with Crippen molar-refractivity contribution in [3.63, 3.8) is 0 Å². The number of hydrogen-bond acceptors (Lipinski definition) is 3. The fourth-order valence-corrected chi connectivity index (χ4v) is 4.16. The summed E-state index contributed by atoms with van der Waals surface area (Å²) in [6.07, 6.45) is 6.70. The van der Waals surface area contributed by atoms with E-state index in [0.717, 1.165) is 30.4 Å². The van der Waals surface area contributed by atoms with Crippen LogP contribution in [0.4, 0.5) is 0 Å². The summed E-state index contributed by atoms with van der Waals surface area (Å²) in [5, 5.41) is 4.13. The van der Waals surface area contributed by atoms with E-state index in [1.165, 1.54) is 0 Å². The Kier molecular flexibility index (Phi) is 3.82. The molecule has 1 aromatic heterocycles. The molecule has 1 aliphatic heterocycles. The number of rotatable bonds is 3. The molecular weight excluding hydrogens is 286 g/mol. The van der Waals surface area contributed by atoms with Gasteiger partial charge in [-0.3, -0.25) is 4.68 Å². The van der Waals surface area contributed by atoms with Crippen molar-refractivity contribution in [2.75, 3.05) is 13.1 Å². The molecule has 2 heterocycles. The first-order chi connectivity index (χ1) is 10.1. The van der Waals surface area contributed by atoms with Gasteiger partial charge in [0.05, 0.1) is 11.1 Å². The summed E-state index contributed by atoms with van der Waals surface area (Å²) in [6.45, 7) is 1.26. The Morgan fingerprint density at radius 3 is 2.24 bits per heavy atom. The Hall–Kier alpha value is -1.66. The molecule has 1 saturated heterocycles. The second-order valence-corrected chi connectivity index (χ2v) is 7.33. The highest BCUT2D eigenvalue weighted by Crippen LogP contribution is 2.24. The first kappa shape index (κ1) is 14.3. The molecule has 0 N–H and O–H groups in total. The van der Waals surface area contributed by atoms with Crippen molar-refractivity contribution < 1.29 is 8.42 Å². The van der Waals surface area contributed by atoms with Gasteiger partial charge >= 0.3 is 0 Å². The van der Waals surface area contributed by atoms with E-state index >= 15 is 0 Å². The van der Waals surface area contributed by atoms with Gasteiger partial charge in [0.1, 0.15) is 0 Å². The number of aryl methyl sites for hydroxylation is 1. The summed E-state index contributed by atoms with van der Waals surface area (Å²) in [5.74, 6) is 0. The molecule has 1 fully saturated rings. The lowest BCUT2D eigenvalue weighted by Gasteiger charge is -2.25. The topological polar surface area (TPSA) is 55.2 Å². The van der Waals surface area contributed by atoms with E-state index in [4.69, 9.17) is 0 Å². The molecule has 3 rings (SSSR count). The minimum absolute atomic E-state index is 0.372. The fourth-order valence-electron chi connectivity index (χ4n) is 2.64. The molecule has 0 bridgehead atoms. The highest BCUT2D eigenvalue weighted by atomic mass is 32.2. The molecule has 0 radical (unpaired) electrons. The Bertz CT molecular complexity index is 714. The van der Waals surface area contributed by atoms with Crippen LogP contribution in [0.2, 0.25) is 0 Å². The first-order valence-corrected chi connectivity index (χ1v) is 8.60. The molecule has 0 unspecified atom stereocenters. The highest BCUT2D eigenvalue weighted by molar-refractivity contribution is 7.89.